The molecule has 1 aromatic heterocycles. The van der Waals surface area contributed by atoms with Crippen LogP contribution in [0.3, 0.4) is 0 Å². The molecule has 0 spiro atoms. The van der Waals surface area contributed by atoms with Crippen LogP contribution < -0.4 is 5.69 Å². The molecule has 2 fully saturated rings. The molecular formula is C27H42N2O11. The third-order valence-electron chi connectivity index (χ3n) is 7.59. The maximum absolute atomic E-state index is 13.7. The first-order valence-electron chi connectivity index (χ1n) is 14.0. The van der Waals surface area contributed by atoms with Crippen molar-refractivity contribution in [2.24, 2.45) is 0 Å². The molecule has 0 amide bonds. The lowest BCUT2D eigenvalue weighted by Crippen LogP contribution is -2.60. The van der Waals surface area contributed by atoms with Crippen molar-refractivity contribution in [2.45, 2.75) is 114 Å². The van der Waals surface area contributed by atoms with E-state index in [0.29, 0.717) is 23.9 Å². The summed E-state index contributed by atoms with van der Waals surface area (Å²) in [4.78, 5) is 13.7. The van der Waals surface area contributed by atoms with Gasteiger partial charge in [0.1, 0.15) is 48.8 Å². The van der Waals surface area contributed by atoms with Gasteiger partial charge < -0.3 is 49.6 Å². The van der Waals surface area contributed by atoms with Crippen molar-refractivity contribution in [3.05, 3.63) is 34.7 Å². The Balaban J connectivity index is 1.59. The van der Waals surface area contributed by atoms with Crippen molar-refractivity contribution in [1.29, 1.82) is 0 Å². The monoisotopic (exact) mass is 570 g/mol. The first kappa shape index (κ1) is 31.0. The number of fused-ring (bicyclic) bond motifs is 1. The Labute approximate surface area is 232 Å². The second-order valence-corrected chi connectivity index (χ2v) is 10.5. The van der Waals surface area contributed by atoms with Crippen LogP contribution in [0.5, 0.6) is 0 Å². The second-order valence-electron chi connectivity index (χ2n) is 10.5. The van der Waals surface area contributed by atoms with Gasteiger partial charge in [0.05, 0.1) is 24.1 Å². The first-order chi connectivity index (χ1) is 19.2. The molecular weight excluding hydrogens is 528 g/mol. The predicted molar refractivity (Wildman–Crippen MR) is 141 cm³/mol. The standard InChI is InChI=1S/C27H42N2O11/c1-3-5-11-37-23-19(30)17(39-25(34)21(23)32)13-28-15-9-7-8-10-16(15)29(27(28)36)14-18-20(31)24(38-12-6-4-2)22(33)26(35)40-18/h7-10,17-26,30-35H,3-6,11-14H2,1-2H3/t17-,18+,19-,20-,21+,22-,23+,24-,25-,26+/m1/s1. The van der Waals surface area contributed by atoms with Crippen LogP contribution >= 0.6 is 0 Å². The molecule has 2 saturated heterocycles. The van der Waals surface area contributed by atoms with Crippen molar-refractivity contribution >= 4 is 11.0 Å². The second kappa shape index (κ2) is 13.8. The summed E-state index contributed by atoms with van der Waals surface area (Å²) in [5.74, 6) is 0. The first-order valence-corrected chi connectivity index (χ1v) is 14.0. The maximum atomic E-state index is 13.7. The molecule has 0 bridgehead atoms. The van der Waals surface area contributed by atoms with Crippen LogP contribution in [0.2, 0.25) is 0 Å². The Morgan fingerprint density at radius 2 is 1.10 bits per heavy atom. The van der Waals surface area contributed by atoms with Gasteiger partial charge in [-0.05, 0) is 25.0 Å². The Hall–Kier alpha value is -1.91. The third kappa shape index (κ3) is 6.44. The molecule has 0 aliphatic carbocycles. The molecule has 1 aromatic carbocycles. The Bertz CT molecular complexity index is 1060. The SMILES string of the molecule is CCCCO[C@@H]1[C@H](O)[C@H](O)O[C@H](Cn2c(=O)n(C[C@@H]3O[C@H](O)[C@H](O)[C@H](OCCCC)[C@@H]3O)c3ccccc32)[C@H]1O. The summed E-state index contributed by atoms with van der Waals surface area (Å²) in [6, 6.07) is 6.88. The number of hydrogen-bond acceptors (Lipinski definition) is 11. The maximum Gasteiger partial charge on any atom is 0.329 e. The van der Waals surface area contributed by atoms with Crippen LogP contribution in [-0.4, -0.2) is 114 Å². The fourth-order valence-electron chi connectivity index (χ4n) is 5.24. The Kier molecular flexibility index (Phi) is 10.7. The lowest BCUT2D eigenvalue weighted by molar-refractivity contribution is -0.292. The summed E-state index contributed by atoms with van der Waals surface area (Å²) in [5, 5.41) is 63.2. The van der Waals surface area contributed by atoms with E-state index in [4.69, 9.17) is 18.9 Å². The minimum Gasteiger partial charge on any atom is -0.388 e. The van der Waals surface area contributed by atoms with Crippen LogP contribution in [0.25, 0.3) is 11.0 Å². The van der Waals surface area contributed by atoms with E-state index in [9.17, 15) is 35.4 Å². The van der Waals surface area contributed by atoms with Gasteiger partial charge >= 0.3 is 5.69 Å². The van der Waals surface area contributed by atoms with Crippen molar-refractivity contribution < 1.29 is 49.6 Å². The zero-order valence-electron chi connectivity index (χ0n) is 22.9. The molecule has 2 aromatic rings. The molecule has 226 valence electrons. The topological polar surface area (TPSA) is 185 Å². The average molecular weight is 571 g/mol. The van der Waals surface area contributed by atoms with Crippen LogP contribution in [0.15, 0.2) is 29.1 Å². The lowest BCUT2D eigenvalue weighted by atomic mass is 9.98. The third-order valence-corrected chi connectivity index (χ3v) is 7.59. The van der Waals surface area contributed by atoms with Gasteiger partial charge in [-0.15, -0.1) is 0 Å². The van der Waals surface area contributed by atoms with Crippen LogP contribution in [0, 0.1) is 0 Å². The summed E-state index contributed by atoms with van der Waals surface area (Å²) in [6.45, 7) is 4.18. The van der Waals surface area contributed by atoms with Crippen molar-refractivity contribution in [3.8, 4) is 0 Å². The van der Waals surface area contributed by atoms with E-state index in [1.54, 1.807) is 24.3 Å². The molecule has 4 rings (SSSR count). The summed E-state index contributed by atoms with van der Waals surface area (Å²) in [5.41, 5.74) is 0.476. The molecule has 10 atom stereocenters. The van der Waals surface area contributed by atoms with E-state index in [1.165, 1.54) is 9.13 Å². The number of hydrogen-bond donors (Lipinski definition) is 6. The van der Waals surface area contributed by atoms with Gasteiger partial charge in [0.15, 0.2) is 12.6 Å². The highest BCUT2D eigenvalue weighted by atomic mass is 16.7. The largest absolute Gasteiger partial charge is 0.388 e. The molecule has 0 radical (unpaired) electrons. The molecule has 40 heavy (non-hydrogen) atoms. The molecule has 13 heteroatoms. The molecule has 0 unspecified atom stereocenters. The van der Waals surface area contributed by atoms with Crippen molar-refractivity contribution in [2.75, 3.05) is 13.2 Å². The number of nitrogens with zero attached hydrogens (tertiary/aromatic N) is 2. The smallest absolute Gasteiger partial charge is 0.329 e. The molecule has 6 N–H and O–H groups in total. The fraction of sp³-hybridized carbons (Fsp3) is 0.741. The Morgan fingerprint density at radius 3 is 1.48 bits per heavy atom. The van der Waals surface area contributed by atoms with E-state index in [0.717, 1.165) is 12.8 Å². The van der Waals surface area contributed by atoms with Gasteiger partial charge in [-0.1, -0.05) is 38.8 Å². The van der Waals surface area contributed by atoms with Gasteiger partial charge in [-0.2, -0.15) is 0 Å². The number of imidazole rings is 1. The average Bonchev–Trinajstić information content (AvgIpc) is 3.20. The Morgan fingerprint density at radius 1 is 0.700 bits per heavy atom. The zero-order valence-corrected chi connectivity index (χ0v) is 22.9. The summed E-state index contributed by atoms with van der Waals surface area (Å²) in [7, 11) is 0. The van der Waals surface area contributed by atoms with Crippen LogP contribution in [-0.2, 0) is 32.0 Å². The number of aliphatic hydroxyl groups excluding tert-OH is 6. The molecule has 2 aliphatic heterocycles. The van der Waals surface area contributed by atoms with Crippen LogP contribution in [0.4, 0.5) is 0 Å². The van der Waals surface area contributed by atoms with E-state index in [-0.39, 0.29) is 26.3 Å². The predicted octanol–water partition coefficient (Wildman–Crippen LogP) is -0.948. The van der Waals surface area contributed by atoms with E-state index in [2.05, 4.69) is 0 Å². The minimum absolute atomic E-state index is 0.164. The molecule has 3 heterocycles. The highest BCUT2D eigenvalue weighted by Gasteiger charge is 2.46. The number of rotatable bonds is 12. The fourth-order valence-corrected chi connectivity index (χ4v) is 5.24. The number of aliphatic hydroxyl groups is 6. The number of para-hydroxylation sites is 2. The van der Waals surface area contributed by atoms with Gasteiger partial charge in [0.2, 0.25) is 0 Å². The highest BCUT2D eigenvalue weighted by Crippen LogP contribution is 2.27. The van der Waals surface area contributed by atoms with Gasteiger partial charge in [0, 0.05) is 13.2 Å². The molecule has 13 nitrogen and oxygen atoms in total. The van der Waals surface area contributed by atoms with Crippen molar-refractivity contribution in [1.82, 2.24) is 9.13 Å². The number of aromatic nitrogens is 2. The van der Waals surface area contributed by atoms with Gasteiger partial charge in [-0.25, -0.2) is 4.79 Å². The quantitative estimate of drug-likeness (QED) is 0.173. The normalized spacial score (nSPS) is 34.9. The lowest BCUT2D eigenvalue weighted by Gasteiger charge is -2.40. The van der Waals surface area contributed by atoms with Gasteiger partial charge in [0.25, 0.3) is 0 Å². The van der Waals surface area contributed by atoms with E-state index in [1.807, 2.05) is 13.8 Å². The van der Waals surface area contributed by atoms with Crippen LogP contribution in [0.1, 0.15) is 39.5 Å². The zero-order chi connectivity index (χ0) is 29.0. The molecule has 0 saturated carbocycles. The number of ether oxygens (including phenoxy) is 4. The number of unbranched alkanes of at least 4 members (excludes halogenated alkanes) is 2. The highest BCUT2D eigenvalue weighted by molar-refractivity contribution is 5.76. The summed E-state index contributed by atoms with van der Waals surface area (Å²) >= 11 is 0. The summed E-state index contributed by atoms with van der Waals surface area (Å²) < 4.78 is 25.0. The van der Waals surface area contributed by atoms with E-state index < -0.39 is 67.1 Å². The molecule has 2 aliphatic rings. The van der Waals surface area contributed by atoms with E-state index >= 15 is 0 Å². The number of benzene rings is 1. The minimum atomic E-state index is -1.62. The van der Waals surface area contributed by atoms with Crippen molar-refractivity contribution in [3.63, 3.8) is 0 Å². The summed E-state index contributed by atoms with van der Waals surface area (Å²) in [6.07, 6.45) is -10.1. The van der Waals surface area contributed by atoms with Gasteiger partial charge in [-0.3, -0.25) is 9.13 Å².